The van der Waals surface area contributed by atoms with Crippen molar-refractivity contribution in [3.8, 4) is 17.2 Å². The molecule has 0 aliphatic carbocycles. The molecular formula is C11H11ClO5. The number of hydrogen-bond donors (Lipinski definition) is 1. The first-order valence-corrected chi connectivity index (χ1v) is 5.48. The topological polar surface area (TPSA) is 65.0 Å². The van der Waals surface area contributed by atoms with Crippen molar-refractivity contribution in [1.29, 1.82) is 0 Å². The van der Waals surface area contributed by atoms with Gasteiger partial charge in [0.05, 0.1) is 18.2 Å². The van der Waals surface area contributed by atoms with Crippen molar-refractivity contribution in [3.05, 3.63) is 17.2 Å². The lowest BCUT2D eigenvalue weighted by atomic mass is 10.3. The van der Waals surface area contributed by atoms with Gasteiger partial charge < -0.3 is 19.3 Å². The highest BCUT2D eigenvalue weighted by molar-refractivity contribution is 6.32. The Kier molecular flexibility index (Phi) is 3.58. The lowest BCUT2D eigenvalue weighted by Crippen LogP contribution is -2.09. The zero-order valence-corrected chi connectivity index (χ0v) is 9.70. The van der Waals surface area contributed by atoms with Gasteiger partial charge >= 0.3 is 5.97 Å². The van der Waals surface area contributed by atoms with Crippen LogP contribution in [-0.4, -0.2) is 30.9 Å². The van der Waals surface area contributed by atoms with Crippen LogP contribution in [0.3, 0.4) is 0 Å². The van der Waals surface area contributed by atoms with Crippen LogP contribution in [0.2, 0.25) is 5.02 Å². The smallest absolute Gasteiger partial charge is 0.341 e. The number of carboxylic acid groups (broad SMARTS) is 1. The summed E-state index contributed by atoms with van der Waals surface area (Å²) in [5.41, 5.74) is 0. The highest BCUT2D eigenvalue weighted by Crippen LogP contribution is 2.40. The second-order valence-electron chi connectivity index (χ2n) is 3.47. The van der Waals surface area contributed by atoms with E-state index in [2.05, 4.69) is 0 Å². The predicted molar refractivity (Wildman–Crippen MR) is 60.2 cm³/mol. The summed E-state index contributed by atoms with van der Waals surface area (Å²) < 4.78 is 15.9. The van der Waals surface area contributed by atoms with Gasteiger partial charge in [-0.25, -0.2) is 4.79 Å². The summed E-state index contributed by atoms with van der Waals surface area (Å²) in [6.07, 6.45) is 0.774. The summed E-state index contributed by atoms with van der Waals surface area (Å²) in [5.74, 6) is 0.261. The molecule has 1 aliphatic rings. The standard InChI is InChI=1S/C11H11ClO5/c12-8-4-7(17-6-10(13)14)5-9-11(8)16-3-1-2-15-9/h4-5H,1-3,6H2,(H,13,14). The Labute approximate surface area is 103 Å². The molecule has 1 N–H and O–H groups in total. The summed E-state index contributed by atoms with van der Waals surface area (Å²) in [7, 11) is 0. The fourth-order valence-corrected chi connectivity index (χ4v) is 1.69. The molecule has 0 radical (unpaired) electrons. The van der Waals surface area contributed by atoms with Crippen molar-refractivity contribution in [2.24, 2.45) is 0 Å². The van der Waals surface area contributed by atoms with E-state index < -0.39 is 12.6 Å². The fraction of sp³-hybridized carbons (Fsp3) is 0.364. The van der Waals surface area contributed by atoms with Crippen LogP contribution in [0.15, 0.2) is 12.1 Å². The molecule has 92 valence electrons. The minimum atomic E-state index is -1.05. The van der Waals surface area contributed by atoms with Crippen LogP contribution in [0.1, 0.15) is 6.42 Å². The largest absolute Gasteiger partial charge is 0.489 e. The molecule has 0 fully saturated rings. The first-order chi connectivity index (χ1) is 8.16. The van der Waals surface area contributed by atoms with Gasteiger partial charge in [-0.2, -0.15) is 0 Å². The SMILES string of the molecule is O=C(O)COc1cc(Cl)c2c(c1)OCCCO2. The molecule has 1 aromatic rings. The number of carbonyl (C=O) groups is 1. The molecule has 2 rings (SSSR count). The third-order valence-electron chi connectivity index (χ3n) is 2.14. The van der Waals surface area contributed by atoms with E-state index in [0.29, 0.717) is 35.5 Å². The summed E-state index contributed by atoms with van der Waals surface area (Å²) >= 11 is 6.00. The number of halogens is 1. The zero-order chi connectivity index (χ0) is 12.3. The summed E-state index contributed by atoms with van der Waals surface area (Å²) in [6, 6.07) is 3.09. The molecule has 0 atom stereocenters. The number of ether oxygens (including phenoxy) is 3. The molecule has 1 aromatic carbocycles. The number of rotatable bonds is 3. The molecule has 5 nitrogen and oxygen atoms in total. The van der Waals surface area contributed by atoms with E-state index in [4.69, 9.17) is 30.9 Å². The van der Waals surface area contributed by atoms with Crippen molar-refractivity contribution in [3.63, 3.8) is 0 Å². The van der Waals surface area contributed by atoms with E-state index >= 15 is 0 Å². The lowest BCUT2D eigenvalue weighted by Gasteiger charge is -2.11. The molecule has 0 saturated heterocycles. The molecule has 1 aliphatic heterocycles. The summed E-state index contributed by atoms with van der Waals surface area (Å²) in [4.78, 5) is 10.4. The van der Waals surface area contributed by atoms with Gasteiger partial charge in [0.1, 0.15) is 5.75 Å². The van der Waals surface area contributed by atoms with Crippen LogP contribution in [0.5, 0.6) is 17.2 Å². The Morgan fingerprint density at radius 3 is 2.94 bits per heavy atom. The quantitative estimate of drug-likeness (QED) is 0.898. The van der Waals surface area contributed by atoms with Gasteiger partial charge in [-0.15, -0.1) is 0 Å². The predicted octanol–water partition coefficient (Wildman–Crippen LogP) is 1.96. The summed E-state index contributed by atoms with van der Waals surface area (Å²) in [6.45, 7) is 0.656. The van der Waals surface area contributed by atoms with E-state index in [1.54, 1.807) is 6.07 Å². The fourth-order valence-electron chi connectivity index (χ4n) is 1.44. The van der Waals surface area contributed by atoms with Crippen molar-refractivity contribution in [2.45, 2.75) is 6.42 Å². The molecule has 0 spiro atoms. The maximum Gasteiger partial charge on any atom is 0.341 e. The Bertz CT molecular complexity index is 432. The van der Waals surface area contributed by atoms with Gasteiger partial charge in [-0.05, 0) is 0 Å². The number of benzene rings is 1. The highest BCUT2D eigenvalue weighted by Gasteiger charge is 2.16. The molecule has 1 heterocycles. The minimum Gasteiger partial charge on any atom is -0.489 e. The van der Waals surface area contributed by atoms with E-state index in [9.17, 15) is 4.79 Å². The molecule has 0 aromatic heterocycles. The molecule has 0 amide bonds. The van der Waals surface area contributed by atoms with Crippen LogP contribution in [0.4, 0.5) is 0 Å². The van der Waals surface area contributed by atoms with E-state index in [1.165, 1.54) is 6.07 Å². The highest BCUT2D eigenvalue weighted by atomic mass is 35.5. The van der Waals surface area contributed by atoms with Crippen molar-refractivity contribution in [1.82, 2.24) is 0 Å². The van der Waals surface area contributed by atoms with Crippen LogP contribution in [0, 0.1) is 0 Å². The monoisotopic (exact) mass is 258 g/mol. The minimum absolute atomic E-state index is 0.349. The first-order valence-electron chi connectivity index (χ1n) is 5.10. The first kappa shape index (κ1) is 11.9. The Balaban J connectivity index is 2.22. The number of carboxylic acids is 1. The van der Waals surface area contributed by atoms with Gasteiger partial charge in [0.2, 0.25) is 0 Å². The van der Waals surface area contributed by atoms with Gasteiger partial charge in [-0.3, -0.25) is 0 Å². The van der Waals surface area contributed by atoms with Crippen LogP contribution in [0.25, 0.3) is 0 Å². The zero-order valence-electron chi connectivity index (χ0n) is 8.94. The Morgan fingerprint density at radius 2 is 2.18 bits per heavy atom. The third-order valence-corrected chi connectivity index (χ3v) is 2.42. The van der Waals surface area contributed by atoms with Crippen LogP contribution < -0.4 is 14.2 Å². The van der Waals surface area contributed by atoms with Crippen molar-refractivity contribution in [2.75, 3.05) is 19.8 Å². The maximum absolute atomic E-state index is 10.4. The van der Waals surface area contributed by atoms with Crippen LogP contribution >= 0.6 is 11.6 Å². The number of hydrogen-bond acceptors (Lipinski definition) is 4. The third kappa shape index (κ3) is 2.94. The Morgan fingerprint density at radius 1 is 1.41 bits per heavy atom. The molecule has 0 bridgehead atoms. The Hall–Kier alpha value is -1.62. The lowest BCUT2D eigenvalue weighted by molar-refractivity contribution is -0.139. The van der Waals surface area contributed by atoms with Gasteiger partial charge in [0.25, 0.3) is 0 Å². The van der Waals surface area contributed by atoms with E-state index in [-0.39, 0.29) is 0 Å². The van der Waals surface area contributed by atoms with Gasteiger partial charge in [-0.1, -0.05) is 11.6 Å². The normalized spacial score (nSPS) is 13.9. The average molecular weight is 259 g/mol. The van der Waals surface area contributed by atoms with Crippen molar-refractivity contribution >= 4 is 17.6 Å². The molecule has 6 heteroatoms. The number of fused-ring (bicyclic) bond motifs is 1. The molecular weight excluding hydrogens is 248 g/mol. The second-order valence-corrected chi connectivity index (χ2v) is 3.87. The summed E-state index contributed by atoms with van der Waals surface area (Å²) in [5, 5.41) is 8.87. The number of aliphatic carboxylic acids is 1. The molecule has 0 saturated carbocycles. The molecule has 0 unspecified atom stereocenters. The van der Waals surface area contributed by atoms with E-state index in [1.807, 2.05) is 0 Å². The molecule has 17 heavy (non-hydrogen) atoms. The van der Waals surface area contributed by atoms with Crippen molar-refractivity contribution < 1.29 is 24.1 Å². The second kappa shape index (κ2) is 5.14. The van der Waals surface area contributed by atoms with Crippen LogP contribution in [-0.2, 0) is 4.79 Å². The average Bonchev–Trinajstić information content (AvgIpc) is 2.51. The van der Waals surface area contributed by atoms with Gasteiger partial charge in [0, 0.05) is 18.6 Å². The maximum atomic E-state index is 10.4. The van der Waals surface area contributed by atoms with E-state index in [0.717, 1.165) is 6.42 Å². The van der Waals surface area contributed by atoms with Gasteiger partial charge in [0.15, 0.2) is 18.1 Å².